The van der Waals surface area contributed by atoms with Gasteiger partial charge in [0, 0.05) is 24.7 Å². The average Bonchev–Trinajstić information content (AvgIpc) is 3.01. The third-order valence-corrected chi connectivity index (χ3v) is 6.27. The molecule has 10 nitrogen and oxygen atoms in total. The molecule has 0 aliphatic carbocycles. The molecule has 3 rings (SSSR count). The first-order valence-electron chi connectivity index (χ1n) is 8.30. The number of hydrogen-bond acceptors (Lipinski definition) is 7. The molecular weight excluding hydrogens is 456 g/mol. The summed E-state index contributed by atoms with van der Waals surface area (Å²) in [5.41, 5.74) is -0.0701. The number of halogens is 1. The maximum Gasteiger partial charge on any atom is 0.286 e. The molecule has 0 aliphatic heterocycles. The first kappa shape index (κ1) is 22.1. The highest BCUT2D eigenvalue weighted by atomic mass is 35.5. The van der Waals surface area contributed by atoms with Crippen molar-refractivity contribution in [2.75, 3.05) is 13.7 Å². The normalized spacial score (nSPS) is 12.4. The molecule has 2 N–H and O–H groups in total. The minimum absolute atomic E-state index is 0.0847. The number of thiazole rings is 1. The Balaban J connectivity index is 2.21. The summed E-state index contributed by atoms with van der Waals surface area (Å²) in [4.78, 5) is 27.5. The summed E-state index contributed by atoms with van der Waals surface area (Å²) in [7, 11) is -2.41. The standard InChI is InChI=1S/C17H15ClN4O6S2/c1-28-7-6-21-14-5-3-11(30(19,26)27)9-15(14)29-17(21)20-16(23)12-8-10(18)2-4-13(12)22(24)25/h2-5,8-9H,6-7H2,1H3,(H2,19,26,27). The van der Waals surface area contributed by atoms with Gasteiger partial charge in [0.15, 0.2) is 4.80 Å². The number of hydrogen-bond donors (Lipinski definition) is 1. The number of sulfonamides is 1. The Bertz CT molecular complexity index is 1330. The summed E-state index contributed by atoms with van der Waals surface area (Å²) < 4.78 is 30.5. The lowest BCUT2D eigenvalue weighted by atomic mass is 10.2. The number of nitro benzene ring substituents is 1. The number of rotatable bonds is 6. The minimum atomic E-state index is -3.92. The van der Waals surface area contributed by atoms with Crippen LogP contribution in [0.5, 0.6) is 0 Å². The van der Waals surface area contributed by atoms with Crippen molar-refractivity contribution in [1.29, 1.82) is 0 Å². The van der Waals surface area contributed by atoms with E-state index in [-0.39, 0.29) is 20.3 Å². The maximum atomic E-state index is 12.7. The number of nitrogens with two attached hydrogens (primary N) is 1. The number of benzene rings is 2. The molecule has 1 heterocycles. The Morgan fingerprint density at radius 1 is 1.33 bits per heavy atom. The molecule has 0 saturated heterocycles. The van der Waals surface area contributed by atoms with Crippen LogP contribution >= 0.6 is 22.9 Å². The Morgan fingerprint density at radius 2 is 2.07 bits per heavy atom. The fourth-order valence-corrected chi connectivity index (χ4v) is 4.58. The second-order valence-electron chi connectivity index (χ2n) is 6.04. The first-order chi connectivity index (χ1) is 14.1. The predicted octanol–water partition coefficient (Wildman–Crippen LogP) is 2.30. The van der Waals surface area contributed by atoms with Gasteiger partial charge in [-0.15, -0.1) is 0 Å². The summed E-state index contributed by atoms with van der Waals surface area (Å²) in [6.45, 7) is 0.608. The van der Waals surface area contributed by atoms with Crippen molar-refractivity contribution >= 4 is 54.8 Å². The number of ether oxygens (including phenoxy) is 1. The quantitative estimate of drug-likeness (QED) is 0.431. The molecule has 158 valence electrons. The number of aromatic nitrogens is 1. The van der Waals surface area contributed by atoms with Crippen LogP contribution < -0.4 is 9.94 Å². The number of primary sulfonamides is 1. The van der Waals surface area contributed by atoms with E-state index in [1.807, 2.05) is 0 Å². The number of nitrogens with zero attached hydrogens (tertiary/aromatic N) is 3. The number of carbonyl (C=O) groups is 1. The summed E-state index contributed by atoms with van der Waals surface area (Å²) in [5, 5.41) is 16.6. The monoisotopic (exact) mass is 470 g/mol. The molecule has 30 heavy (non-hydrogen) atoms. The molecule has 13 heteroatoms. The lowest BCUT2D eigenvalue weighted by Crippen LogP contribution is -2.19. The maximum absolute atomic E-state index is 12.7. The summed E-state index contributed by atoms with van der Waals surface area (Å²) in [5.74, 6) is -0.853. The highest BCUT2D eigenvalue weighted by Crippen LogP contribution is 2.24. The van der Waals surface area contributed by atoms with Crippen molar-refractivity contribution in [3.63, 3.8) is 0 Å². The predicted molar refractivity (Wildman–Crippen MR) is 111 cm³/mol. The molecule has 0 radical (unpaired) electrons. The number of amides is 1. The van der Waals surface area contributed by atoms with E-state index < -0.39 is 26.5 Å². The fourth-order valence-electron chi connectivity index (χ4n) is 2.70. The van der Waals surface area contributed by atoms with Crippen LogP contribution in [-0.4, -0.2) is 37.5 Å². The second-order valence-corrected chi connectivity index (χ2v) is 9.05. The van der Waals surface area contributed by atoms with E-state index in [1.165, 1.54) is 31.4 Å². The van der Waals surface area contributed by atoms with Crippen LogP contribution in [0.3, 0.4) is 0 Å². The smallest absolute Gasteiger partial charge is 0.286 e. The van der Waals surface area contributed by atoms with Gasteiger partial charge >= 0.3 is 0 Å². The largest absolute Gasteiger partial charge is 0.383 e. The van der Waals surface area contributed by atoms with Crippen LogP contribution in [0.2, 0.25) is 5.02 Å². The Morgan fingerprint density at radius 3 is 2.70 bits per heavy atom. The van der Waals surface area contributed by atoms with Crippen molar-refractivity contribution in [1.82, 2.24) is 4.57 Å². The van der Waals surface area contributed by atoms with Gasteiger partial charge in [0.25, 0.3) is 11.6 Å². The summed E-state index contributed by atoms with van der Waals surface area (Å²) in [6, 6.07) is 7.89. The molecule has 0 atom stereocenters. The highest BCUT2D eigenvalue weighted by Gasteiger charge is 2.21. The van der Waals surface area contributed by atoms with E-state index in [0.29, 0.717) is 23.4 Å². The molecule has 0 unspecified atom stereocenters. The van der Waals surface area contributed by atoms with Crippen LogP contribution in [0.15, 0.2) is 46.3 Å². The molecule has 0 bridgehead atoms. The number of carbonyl (C=O) groups excluding carboxylic acids is 1. The third kappa shape index (κ3) is 4.57. The van der Waals surface area contributed by atoms with Crippen LogP contribution in [0, 0.1) is 10.1 Å². The molecule has 2 aromatic carbocycles. The van der Waals surface area contributed by atoms with Gasteiger partial charge in [-0.2, -0.15) is 4.99 Å². The fraction of sp³-hybridized carbons (Fsp3) is 0.176. The minimum Gasteiger partial charge on any atom is -0.383 e. The lowest BCUT2D eigenvalue weighted by Gasteiger charge is -2.05. The van der Waals surface area contributed by atoms with Crippen LogP contribution in [0.25, 0.3) is 10.2 Å². The molecule has 0 fully saturated rings. The van der Waals surface area contributed by atoms with Gasteiger partial charge in [0.05, 0.1) is 26.6 Å². The molecule has 0 spiro atoms. The summed E-state index contributed by atoms with van der Waals surface area (Å²) in [6.07, 6.45) is 0. The highest BCUT2D eigenvalue weighted by molar-refractivity contribution is 7.89. The number of methoxy groups -OCH3 is 1. The summed E-state index contributed by atoms with van der Waals surface area (Å²) >= 11 is 6.93. The molecule has 1 amide bonds. The van der Waals surface area contributed by atoms with E-state index in [9.17, 15) is 23.3 Å². The van der Waals surface area contributed by atoms with Crippen LogP contribution in [0.1, 0.15) is 10.4 Å². The van der Waals surface area contributed by atoms with Gasteiger partial charge in [0.1, 0.15) is 5.56 Å². The Labute approximate surface area is 179 Å². The van der Waals surface area contributed by atoms with E-state index in [1.54, 1.807) is 10.6 Å². The van der Waals surface area contributed by atoms with Gasteiger partial charge in [-0.3, -0.25) is 14.9 Å². The zero-order valence-corrected chi connectivity index (χ0v) is 17.8. The average molecular weight is 471 g/mol. The lowest BCUT2D eigenvalue weighted by molar-refractivity contribution is -0.385. The van der Waals surface area contributed by atoms with Crippen LogP contribution in [-0.2, 0) is 21.3 Å². The van der Waals surface area contributed by atoms with Crippen LogP contribution in [0.4, 0.5) is 5.69 Å². The zero-order chi connectivity index (χ0) is 22.1. The zero-order valence-electron chi connectivity index (χ0n) is 15.4. The van der Waals surface area contributed by atoms with E-state index in [0.717, 1.165) is 17.4 Å². The topological polar surface area (TPSA) is 147 Å². The van der Waals surface area contributed by atoms with Crippen molar-refractivity contribution in [2.24, 2.45) is 10.1 Å². The van der Waals surface area contributed by atoms with Gasteiger partial charge in [-0.25, -0.2) is 13.6 Å². The van der Waals surface area contributed by atoms with Gasteiger partial charge in [-0.1, -0.05) is 22.9 Å². The number of nitro groups is 1. The van der Waals surface area contributed by atoms with Gasteiger partial charge < -0.3 is 9.30 Å². The Hall–Kier alpha value is -2.64. The van der Waals surface area contributed by atoms with Gasteiger partial charge in [0.2, 0.25) is 10.0 Å². The van der Waals surface area contributed by atoms with Gasteiger partial charge in [-0.05, 0) is 30.3 Å². The first-order valence-corrected chi connectivity index (χ1v) is 11.0. The van der Waals surface area contributed by atoms with Crippen molar-refractivity contribution in [2.45, 2.75) is 11.4 Å². The molecular formula is C17H15ClN4O6S2. The third-order valence-electron chi connectivity index (χ3n) is 4.08. The van der Waals surface area contributed by atoms with Crippen molar-refractivity contribution in [3.05, 3.63) is 61.9 Å². The van der Waals surface area contributed by atoms with E-state index >= 15 is 0 Å². The van der Waals surface area contributed by atoms with E-state index in [2.05, 4.69) is 4.99 Å². The van der Waals surface area contributed by atoms with Crippen molar-refractivity contribution < 1.29 is 22.9 Å². The molecule has 1 aromatic heterocycles. The number of fused-ring (bicyclic) bond motifs is 1. The van der Waals surface area contributed by atoms with E-state index in [4.69, 9.17) is 21.5 Å². The Kier molecular flexibility index (Phi) is 6.33. The molecule has 3 aromatic rings. The second kappa shape index (κ2) is 8.62. The molecule has 0 saturated carbocycles. The molecule has 0 aliphatic rings. The SMILES string of the molecule is COCCn1c(=NC(=O)c2cc(Cl)ccc2[N+](=O)[O-])sc2cc(S(N)(=O)=O)ccc21. The van der Waals surface area contributed by atoms with Crippen molar-refractivity contribution in [3.8, 4) is 0 Å².